The molecule has 0 aromatic carbocycles. The van der Waals surface area contributed by atoms with E-state index in [-0.39, 0.29) is 18.5 Å². The number of anilines is 1. The van der Waals surface area contributed by atoms with Gasteiger partial charge in [-0.3, -0.25) is 4.79 Å². The van der Waals surface area contributed by atoms with Crippen LogP contribution in [-0.4, -0.2) is 67.9 Å². The third kappa shape index (κ3) is 3.01. The Balaban J connectivity index is 1.86. The Morgan fingerprint density at radius 3 is 3.00 bits per heavy atom. The fraction of sp³-hybridized carbons (Fsp3) is 0.500. The first-order chi connectivity index (χ1) is 11.8. The van der Waals surface area contributed by atoms with Crippen molar-refractivity contribution in [2.24, 2.45) is 5.92 Å². The molecule has 1 fully saturated rings. The van der Waals surface area contributed by atoms with Crippen LogP contribution in [0.15, 0.2) is 18.6 Å². The van der Waals surface area contributed by atoms with Gasteiger partial charge in [0.1, 0.15) is 23.9 Å². The first kappa shape index (κ1) is 17.1. The smallest absolute Gasteiger partial charge is 0.336 e. The predicted octanol–water partition coefficient (Wildman–Crippen LogP) is -0.164. The molecule has 9 heteroatoms. The van der Waals surface area contributed by atoms with Crippen LogP contribution in [0.5, 0.6) is 0 Å². The van der Waals surface area contributed by atoms with Crippen molar-refractivity contribution in [1.82, 2.24) is 19.9 Å². The number of likely N-dealkylation sites (tertiary alicyclic amines) is 1. The molecule has 9 nitrogen and oxygen atoms in total. The van der Waals surface area contributed by atoms with Crippen LogP contribution in [0.3, 0.4) is 0 Å². The van der Waals surface area contributed by atoms with Crippen LogP contribution in [0.4, 0.5) is 5.82 Å². The lowest BCUT2D eigenvalue weighted by atomic mass is 9.91. The van der Waals surface area contributed by atoms with E-state index in [1.807, 2.05) is 18.0 Å². The molecule has 0 aliphatic carbocycles. The summed E-state index contributed by atoms with van der Waals surface area (Å²) in [7, 11) is 1.89. The van der Waals surface area contributed by atoms with Crippen molar-refractivity contribution >= 4 is 22.8 Å². The van der Waals surface area contributed by atoms with Crippen molar-refractivity contribution in [2.75, 3.05) is 25.0 Å². The fourth-order valence-corrected chi connectivity index (χ4v) is 3.30. The van der Waals surface area contributed by atoms with Gasteiger partial charge in [-0.1, -0.05) is 6.92 Å². The maximum absolute atomic E-state index is 12.2. The molecule has 1 aliphatic heterocycles. The number of hydrogen-bond acceptors (Lipinski definition) is 7. The number of H-pyrrole nitrogens is 1. The van der Waals surface area contributed by atoms with Gasteiger partial charge in [-0.25, -0.2) is 9.97 Å². The number of amides is 1. The molecule has 2 aromatic rings. The van der Waals surface area contributed by atoms with Crippen molar-refractivity contribution in [1.29, 1.82) is 5.26 Å². The maximum atomic E-state index is 12.2. The molecule has 1 saturated heterocycles. The molecule has 3 N–H and O–H groups in total. The highest BCUT2D eigenvalue weighted by Gasteiger charge is 2.41. The number of hydrogen-bond donors (Lipinski definition) is 3. The number of piperidine rings is 1. The van der Waals surface area contributed by atoms with Gasteiger partial charge in [0.2, 0.25) is 0 Å². The second-order valence-electron chi connectivity index (χ2n) is 6.42. The minimum Gasteiger partial charge on any atom is -0.354 e. The Kier molecular flexibility index (Phi) is 4.32. The summed E-state index contributed by atoms with van der Waals surface area (Å²) in [6, 6.07) is 3.03. The summed E-state index contributed by atoms with van der Waals surface area (Å²) in [5.41, 5.74) is 0.724. The molecule has 0 radical (unpaired) electrons. The molecule has 25 heavy (non-hydrogen) atoms. The summed E-state index contributed by atoms with van der Waals surface area (Å²) < 4.78 is 0. The number of fused-ring (bicyclic) bond motifs is 1. The van der Waals surface area contributed by atoms with E-state index in [2.05, 4.69) is 21.9 Å². The van der Waals surface area contributed by atoms with E-state index in [1.54, 1.807) is 6.20 Å². The lowest BCUT2D eigenvalue weighted by Gasteiger charge is -2.42. The summed E-state index contributed by atoms with van der Waals surface area (Å²) >= 11 is 0. The highest BCUT2D eigenvalue weighted by atomic mass is 16.5. The number of aromatic nitrogens is 3. The molecule has 2 unspecified atom stereocenters. The molecule has 0 spiro atoms. The predicted molar refractivity (Wildman–Crippen MR) is 89.2 cm³/mol. The summed E-state index contributed by atoms with van der Waals surface area (Å²) in [4.78, 5) is 27.1. The zero-order valence-corrected chi connectivity index (χ0v) is 14.0. The van der Waals surface area contributed by atoms with E-state index in [0.29, 0.717) is 13.0 Å². The summed E-state index contributed by atoms with van der Waals surface area (Å²) in [5, 5.41) is 28.7. The highest BCUT2D eigenvalue weighted by Crippen LogP contribution is 2.29. The van der Waals surface area contributed by atoms with Gasteiger partial charge in [-0.2, -0.15) is 5.26 Å². The number of nitrogens with one attached hydrogen (secondary N) is 1. The molecule has 1 aliphatic rings. The Morgan fingerprint density at radius 2 is 2.28 bits per heavy atom. The van der Waals surface area contributed by atoms with Crippen LogP contribution in [0.25, 0.3) is 11.0 Å². The first-order valence-corrected chi connectivity index (χ1v) is 8.01. The van der Waals surface area contributed by atoms with E-state index in [0.717, 1.165) is 16.9 Å². The van der Waals surface area contributed by atoms with Crippen molar-refractivity contribution in [3.8, 4) is 6.07 Å². The molecule has 2 aromatic heterocycles. The zero-order chi connectivity index (χ0) is 18.2. The van der Waals surface area contributed by atoms with Crippen LogP contribution in [0.1, 0.15) is 13.3 Å². The van der Waals surface area contributed by atoms with E-state index < -0.39 is 11.7 Å². The molecule has 1 amide bonds. The summed E-state index contributed by atoms with van der Waals surface area (Å²) in [5.74, 6) is -2.99. The van der Waals surface area contributed by atoms with E-state index >= 15 is 0 Å². The lowest BCUT2D eigenvalue weighted by Crippen LogP contribution is -2.57. The largest absolute Gasteiger partial charge is 0.354 e. The average molecular weight is 344 g/mol. The monoisotopic (exact) mass is 344 g/mol. The van der Waals surface area contributed by atoms with Crippen molar-refractivity contribution in [3.05, 3.63) is 18.6 Å². The summed E-state index contributed by atoms with van der Waals surface area (Å²) in [6.07, 6.45) is 3.95. The second kappa shape index (κ2) is 6.31. The molecule has 0 bridgehead atoms. The normalized spacial score (nSPS) is 21.2. The van der Waals surface area contributed by atoms with Crippen molar-refractivity contribution < 1.29 is 15.0 Å². The molecular formula is C16H20N6O3. The Morgan fingerprint density at radius 1 is 1.52 bits per heavy atom. The standard InChI is InChI=1S/C16H20N6O3/c1-10-4-6-22(15(23)16(24,25)8-17)7-12(10)21(2)14-11-3-5-18-13(11)19-9-20-14/h3,5,9-10,12,24-25H,4,6-7H2,1-2H3,(H,18,19,20). The molecule has 0 saturated carbocycles. The number of rotatable bonds is 3. The van der Waals surface area contributed by atoms with Crippen LogP contribution < -0.4 is 4.90 Å². The number of aliphatic hydroxyl groups is 2. The molecule has 3 heterocycles. The minimum absolute atomic E-state index is 0.0832. The highest BCUT2D eigenvalue weighted by molar-refractivity contribution is 5.88. The fourth-order valence-electron chi connectivity index (χ4n) is 3.30. The molecule has 2 atom stereocenters. The van der Waals surface area contributed by atoms with Gasteiger partial charge in [0, 0.05) is 26.3 Å². The second-order valence-corrected chi connectivity index (χ2v) is 6.42. The van der Waals surface area contributed by atoms with Gasteiger partial charge in [-0.15, -0.1) is 0 Å². The van der Waals surface area contributed by atoms with E-state index in [4.69, 9.17) is 5.26 Å². The molecule has 3 rings (SSSR count). The van der Waals surface area contributed by atoms with Gasteiger partial charge in [-0.05, 0) is 18.4 Å². The number of nitriles is 1. The number of carbonyl (C=O) groups excluding carboxylic acids is 1. The quantitative estimate of drug-likeness (QED) is 0.521. The van der Waals surface area contributed by atoms with Crippen molar-refractivity contribution in [3.63, 3.8) is 0 Å². The number of carbonyl (C=O) groups is 1. The maximum Gasteiger partial charge on any atom is 0.336 e. The SMILES string of the molecule is CC1CCN(C(=O)C(O)(O)C#N)CC1N(C)c1ncnc2[nH]ccc12. The van der Waals surface area contributed by atoms with Gasteiger partial charge in [0.25, 0.3) is 5.91 Å². The third-order valence-corrected chi connectivity index (χ3v) is 4.82. The van der Waals surface area contributed by atoms with Crippen LogP contribution in [0.2, 0.25) is 0 Å². The van der Waals surface area contributed by atoms with Gasteiger partial charge < -0.3 is 25.0 Å². The van der Waals surface area contributed by atoms with Gasteiger partial charge in [0.15, 0.2) is 0 Å². The summed E-state index contributed by atoms with van der Waals surface area (Å²) in [6.45, 7) is 2.73. The van der Waals surface area contributed by atoms with Crippen LogP contribution in [0, 0.1) is 17.2 Å². The number of nitrogens with zero attached hydrogens (tertiary/aromatic N) is 5. The number of aromatic amines is 1. The Hall–Kier alpha value is -2.70. The Bertz CT molecular complexity index is 827. The first-order valence-electron chi connectivity index (χ1n) is 8.01. The van der Waals surface area contributed by atoms with Crippen molar-refractivity contribution in [2.45, 2.75) is 25.2 Å². The van der Waals surface area contributed by atoms with Crippen LogP contribution >= 0.6 is 0 Å². The van der Waals surface area contributed by atoms with Gasteiger partial charge >= 0.3 is 5.79 Å². The third-order valence-electron chi connectivity index (χ3n) is 4.82. The minimum atomic E-state index is -2.99. The zero-order valence-electron chi connectivity index (χ0n) is 14.0. The number of likely N-dealkylation sites (N-methyl/N-ethyl adjacent to an activating group) is 1. The van der Waals surface area contributed by atoms with E-state index in [1.165, 1.54) is 17.3 Å². The molecular weight excluding hydrogens is 324 g/mol. The van der Waals surface area contributed by atoms with E-state index in [9.17, 15) is 15.0 Å². The Labute approximate surface area is 144 Å². The average Bonchev–Trinajstić information content (AvgIpc) is 3.09. The molecule has 132 valence electrons. The van der Waals surface area contributed by atoms with Gasteiger partial charge in [0.05, 0.1) is 11.4 Å². The van der Waals surface area contributed by atoms with Crippen LogP contribution in [-0.2, 0) is 4.79 Å². The lowest BCUT2D eigenvalue weighted by molar-refractivity contribution is -0.178. The topological polar surface area (TPSA) is 129 Å².